The fraction of sp³-hybridized carbons (Fsp3) is 0.538. The van der Waals surface area contributed by atoms with Crippen molar-refractivity contribution in [2.75, 3.05) is 32.7 Å². The monoisotopic (exact) mass is 410 g/mol. The summed E-state index contributed by atoms with van der Waals surface area (Å²) < 4.78 is 0. The SMILES string of the molecule is CCN(CC)CCN(CC(=O)CCC1C=CC(C(C)=O)=CC1C)Cc1ccccc1. The second-order valence-corrected chi connectivity index (χ2v) is 8.36. The molecule has 2 atom stereocenters. The van der Waals surface area contributed by atoms with Crippen molar-refractivity contribution in [1.29, 1.82) is 0 Å². The number of likely N-dealkylation sites (N-methyl/N-ethyl adjacent to an activating group) is 1. The number of hydrogen-bond donors (Lipinski definition) is 0. The Bertz CT molecular complexity index is 735. The van der Waals surface area contributed by atoms with Crippen LogP contribution < -0.4 is 0 Å². The Balaban J connectivity index is 1.89. The first-order chi connectivity index (χ1) is 14.4. The van der Waals surface area contributed by atoms with E-state index >= 15 is 0 Å². The van der Waals surface area contributed by atoms with Crippen molar-refractivity contribution in [3.63, 3.8) is 0 Å². The number of carbonyl (C=O) groups is 2. The van der Waals surface area contributed by atoms with E-state index in [1.807, 2.05) is 18.2 Å². The standard InChI is InChI=1S/C26H38N2O2/c1-5-27(6-2)16-17-28(19-23-10-8-7-9-11-23)20-26(30)15-14-24-12-13-25(22(4)29)18-21(24)3/h7-13,18,21,24H,5-6,14-17,19-20H2,1-4H3. The largest absolute Gasteiger partial charge is 0.303 e. The van der Waals surface area contributed by atoms with Crippen molar-refractivity contribution in [3.8, 4) is 0 Å². The molecule has 0 aromatic heterocycles. The molecule has 30 heavy (non-hydrogen) atoms. The normalized spacial score (nSPS) is 18.7. The third-order valence-electron chi connectivity index (χ3n) is 6.08. The number of nitrogens with zero attached hydrogens (tertiary/aromatic N) is 2. The summed E-state index contributed by atoms with van der Waals surface area (Å²) in [5.74, 6) is 1.03. The van der Waals surface area contributed by atoms with Crippen LogP contribution in [0.25, 0.3) is 0 Å². The lowest BCUT2D eigenvalue weighted by atomic mass is 9.83. The molecule has 0 amide bonds. The first-order valence-corrected chi connectivity index (χ1v) is 11.3. The van der Waals surface area contributed by atoms with Crippen LogP contribution in [0.2, 0.25) is 0 Å². The Morgan fingerprint density at radius 2 is 1.67 bits per heavy atom. The second kappa shape index (κ2) is 12.6. The average Bonchev–Trinajstić information content (AvgIpc) is 2.74. The van der Waals surface area contributed by atoms with Gasteiger partial charge in [0.15, 0.2) is 5.78 Å². The van der Waals surface area contributed by atoms with E-state index in [1.54, 1.807) is 6.92 Å². The number of allylic oxidation sites excluding steroid dienone is 4. The van der Waals surface area contributed by atoms with E-state index in [4.69, 9.17) is 0 Å². The molecule has 0 N–H and O–H groups in total. The van der Waals surface area contributed by atoms with Gasteiger partial charge in [-0.1, -0.05) is 69.3 Å². The van der Waals surface area contributed by atoms with Gasteiger partial charge in [0.25, 0.3) is 0 Å². The summed E-state index contributed by atoms with van der Waals surface area (Å²) in [5, 5.41) is 0. The second-order valence-electron chi connectivity index (χ2n) is 8.36. The van der Waals surface area contributed by atoms with E-state index in [2.05, 4.69) is 60.9 Å². The molecule has 1 aliphatic rings. The Labute approximate surface area is 182 Å². The summed E-state index contributed by atoms with van der Waals surface area (Å²) in [5.41, 5.74) is 2.03. The molecule has 0 aliphatic heterocycles. The highest BCUT2D eigenvalue weighted by Crippen LogP contribution is 2.27. The molecule has 0 spiro atoms. The molecule has 1 aromatic carbocycles. The van der Waals surface area contributed by atoms with Gasteiger partial charge < -0.3 is 4.90 Å². The van der Waals surface area contributed by atoms with Crippen molar-refractivity contribution < 1.29 is 9.59 Å². The molecule has 1 aromatic rings. The van der Waals surface area contributed by atoms with Gasteiger partial charge >= 0.3 is 0 Å². The van der Waals surface area contributed by atoms with Crippen molar-refractivity contribution in [2.24, 2.45) is 11.8 Å². The fourth-order valence-electron chi connectivity index (χ4n) is 3.99. The molecule has 1 aliphatic carbocycles. The Morgan fingerprint density at radius 1 is 1.00 bits per heavy atom. The van der Waals surface area contributed by atoms with Crippen LogP contribution in [0.1, 0.15) is 46.1 Å². The van der Waals surface area contributed by atoms with Crippen LogP contribution in [0.15, 0.2) is 54.1 Å². The number of hydrogen-bond acceptors (Lipinski definition) is 4. The van der Waals surface area contributed by atoms with Crippen LogP contribution in [0.5, 0.6) is 0 Å². The topological polar surface area (TPSA) is 40.6 Å². The molecular formula is C26H38N2O2. The molecule has 2 rings (SSSR count). The zero-order chi connectivity index (χ0) is 21.9. The van der Waals surface area contributed by atoms with E-state index in [9.17, 15) is 9.59 Å². The highest BCUT2D eigenvalue weighted by atomic mass is 16.1. The lowest BCUT2D eigenvalue weighted by Crippen LogP contribution is -2.37. The molecule has 164 valence electrons. The smallest absolute Gasteiger partial charge is 0.159 e. The number of Topliss-reactive ketones (excluding diaryl/α,β-unsaturated/α-hetero) is 2. The lowest BCUT2D eigenvalue weighted by molar-refractivity contribution is -0.120. The Morgan fingerprint density at radius 3 is 2.27 bits per heavy atom. The number of rotatable bonds is 13. The maximum absolute atomic E-state index is 12.8. The first-order valence-electron chi connectivity index (χ1n) is 11.3. The summed E-state index contributed by atoms with van der Waals surface area (Å²) in [6, 6.07) is 10.4. The fourth-order valence-corrected chi connectivity index (χ4v) is 3.99. The molecule has 0 saturated carbocycles. The van der Waals surface area contributed by atoms with Gasteiger partial charge in [0.1, 0.15) is 5.78 Å². The van der Waals surface area contributed by atoms with Crippen molar-refractivity contribution in [2.45, 2.75) is 47.1 Å². The predicted octanol–water partition coefficient (Wildman–Crippen LogP) is 4.52. The van der Waals surface area contributed by atoms with E-state index in [0.29, 0.717) is 30.6 Å². The van der Waals surface area contributed by atoms with Crippen molar-refractivity contribution in [3.05, 3.63) is 59.7 Å². The maximum atomic E-state index is 12.8. The summed E-state index contributed by atoms with van der Waals surface area (Å²) in [6.45, 7) is 13.3. The minimum absolute atomic E-state index is 0.109. The summed E-state index contributed by atoms with van der Waals surface area (Å²) in [4.78, 5) is 29.0. The first kappa shape index (κ1) is 24.2. The van der Waals surface area contributed by atoms with Gasteiger partial charge in [-0.15, -0.1) is 0 Å². The Hall–Kier alpha value is -2.04. The van der Waals surface area contributed by atoms with E-state index < -0.39 is 0 Å². The van der Waals surface area contributed by atoms with Crippen LogP contribution >= 0.6 is 0 Å². The zero-order valence-corrected chi connectivity index (χ0v) is 19.1. The Kier molecular flexibility index (Phi) is 10.2. The zero-order valence-electron chi connectivity index (χ0n) is 19.1. The molecule has 4 nitrogen and oxygen atoms in total. The number of carbonyl (C=O) groups excluding carboxylic acids is 2. The molecule has 0 saturated heterocycles. The van der Waals surface area contributed by atoms with Crippen LogP contribution in [-0.2, 0) is 16.1 Å². The van der Waals surface area contributed by atoms with Gasteiger partial charge in [-0.05, 0) is 43.8 Å². The highest BCUT2D eigenvalue weighted by Gasteiger charge is 2.20. The van der Waals surface area contributed by atoms with E-state index in [1.165, 1.54) is 5.56 Å². The summed E-state index contributed by atoms with van der Waals surface area (Å²) in [7, 11) is 0. The number of ketones is 2. The maximum Gasteiger partial charge on any atom is 0.159 e. The highest BCUT2D eigenvalue weighted by molar-refractivity contribution is 5.96. The van der Waals surface area contributed by atoms with Crippen LogP contribution in [-0.4, -0.2) is 54.1 Å². The molecule has 0 heterocycles. The predicted molar refractivity (Wildman–Crippen MR) is 124 cm³/mol. The van der Waals surface area contributed by atoms with Crippen LogP contribution in [0, 0.1) is 11.8 Å². The average molecular weight is 411 g/mol. The third kappa shape index (κ3) is 8.00. The van der Waals surface area contributed by atoms with Gasteiger partial charge in [0, 0.05) is 31.6 Å². The molecule has 0 radical (unpaired) electrons. The van der Waals surface area contributed by atoms with Crippen LogP contribution in [0.4, 0.5) is 0 Å². The summed E-state index contributed by atoms with van der Waals surface area (Å²) in [6.07, 6.45) is 7.50. The van der Waals surface area contributed by atoms with Gasteiger partial charge in [-0.25, -0.2) is 0 Å². The van der Waals surface area contributed by atoms with E-state index in [0.717, 1.165) is 44.7 Å². The minimum atomic E-state index is 0.109. The quantitative estimate of drug-likeness (QED) is 0.479. The molecule has 2 unspecified atom stereocenters. The van der Waals surface area contributed by atoms with Gasteiger partial charge in [-0.2, -0.15) is 0 Å². The molecule has 4 heteroatoms. The summed E-state index contributed by atoms with van der Waals surface area (Å²) >= 11 is 0. The van der Waals surface area contributed by atoms with E-state index in [-0.39, 0.29) is 5.78 Å². The minimum Gasteiger partial charge on any atom is -0.303 e. The molecule has 0 fully saturated rings. The molecular weight excluding hydrogens is 372 g/mol. The van der Waals surface area contributed by atoms with Crippen molar-refractivity contribution in [1.82, 2.24) is 9.80 Å². The number of benzene rings is 1. The van der Waals surface area contributed by atoms with Gasteiger partial charge in [0.2, 0.25) is 0 Å². The van der Waals surface area contributed by atoms with Crippen LogP contribution in [0.3, 0.4) is 0 Å². The van der Waals surface area contributed by atoms with Gasteiger partial charge in [-0.3, -0.25) is 14.5 Å². The van der Waals surface area contributed by atoms with Crippen molar-refractivity contribution >= 4 is 11.6 Å². The molecule has 0 bridgehead atoms. The van der Waals surface area contributed by atoms with Gasteiger partial charge in [0.05, 0.1) is 6.54 Å². The lowest BCUT2D eigenvalue weighted by Gasteiger charge is -2.26. The third-order valence-corrected chi connectivity index (χ3v) is 6.08.